The van der Waals surface area contributed by atoms with E-state index in [1.165, 1.54) is 11.3 Å². The van der Waals surface area contributed by atoms with Gasteiger partial charge < -0.3 is 10.5 Å². The number of allylic oxidation sites excluding steroid dienone is 2. The molecule has 68 valence electrons. The molecule has 2 aliphatic heterocycles. The van der Waals surface area contributed by atoms with Crippen molar-refractivity contribution in [3.63, 3.8) is 0 Å². The minimum atomic E-state index is 0.280. The molecule has 0 saturated carbocycles. The fourth-order valence-corrected chi connectivity index (χ4v) is 3.40. The van der Waals surface area contributed by atoms with Crippen LogP contribution >= 0.6 is 11.8 Å². The van der Waals surface area contributed by atoms with Crippen LogP contribution in [0.4, 0.5) is 0 Å². The molecule has 0 aliphatic carbocycles. The summed E-state index contributed by atoms with van der Waals surface area (Å²) < 4.78 is 5.61. The first-order valence-electron chi connectivity index (χ1n) is 4.48. The number of ether oxygens (including phenoxy) is 1. The van der Waals surface area contributed by atoms with Gasteiger partial charge in [0.05, 0.1) is 6.10 Å². The predicted molar refractivity (Wildman–Crippen MR) is 52.0 cm³/mol. The van der Waals surface area contributed by atoms with Crippen LogP contribution < -0.4 is 5.73 Å². The minimum Gasteiger partial charge on any atom is -0.376 e. The van der Waals surface area contributed by atoms with E-state index in [9.17, 15) is 0 Å². The topological polar surface area (TPSA) is 35.2 Å². The second-order valence-electron chi connectivity index (χ2n) is 3.46. The van der Waals surface area contributed by atoms with Gasteiger partial charge in [0, 0.05) is 18.4 Å². The molecule has 12 heavy (non-hydrogen) atoms. The Morgan fingerprint density at radius 1 is 1.75 bits per heavy atom. The van der Waals surface area contributed by atoms with Gasteiger partial charge in [-0.25, -0.2) is 0 Å². The van der Waals surface area contributed by atoms with E-state index in [-0.39, 0.29) is 6.10 Å². The Hall–Kier alpha value is 0.0100. The molecule has 1 fully saturated rings. The molecule has 1 saturated heterocycles. The lowest BCUT2D eigenvalue weighted by atomic mass is 9.95. The number of thioether (sulfide) groups is 1. The average molecular weight is 185 g/mol. The molecule has 0 radical (unpaired) electrons. The Bertz CT molecular complexity index is 205. The van der Waals surface area contributed by atoms with E-state index < -0.39 is 0 Å². The predicted octanol–water partition coefficient (Wildman–Crippen LogP) is 1.37. The summed E-state index contributed by atoms with van der Waals surface area (Å²) in [6.07, 6.45) is 3.83. The van der Waals surface area contributed by atoms with Gasteiger partial charge in [0.2, 0.25) is 0 Å². The average Bonchev–Trinajstić information content (AvgIpc) is 2.44. The maximum Gasteiger partial charge on any atom is 0.0824 e. The molecular weight excluding hydrogens is 170 g/mol. The quantitative estimate of drug-likeness (QED) is 0.670. The lowest BCUT2D eigenvalue weighted by Gasteiger charge is -2.32. The van der Waals surface area contributed by atoms with Gasteiger partial charge in [-0.15, -0.1) is 11.8 Å². The second-order valence-corrected chi connectivity index (χ2v) is 4.88. The van der Waals surface area contributed by atoms with Crippen LogP contribution in [-0.2, 0) is 4.74 Å². The Labute approximate surface area is 77.5 Å². The summed E-state index contributed by atoms with van der Waals surface area (Å²) in [5, 5.41) is 0.601. The lowest BCUT2D eigenvalue weighted by molar-refractivity contribution is 0.0134. The number of rotatable bonds is 1. The summed E-state index contributed by atoms with van der Waals surface area (Å²) in [4.78, 5) is 1.44. The summed E-state index contributed by atoms with van der Waals surface area (Å²) in [5.41, 5.74) is 5.64. The highest BCUT2D eigenvalue weighted by Crippen LogP contribution is 2.42. The lowest BCUT2D eigenvalue weighted by Crippen LogP contribution is -2.41. The third kappa shape index (κ3) is 1.41. The van der Waals surface area contributed by atoms with E-state index in [1.54, 1.807) is 0 Å². The Kier molecular flexibility index (Phi) is 2.44. The normalized spacial score (nSPS) is 40.8. The first kappa shape index (κ1) is 8.60. The van der Waals surface area contributed by atoms with Crippen molar-refractivity contribution in [3.8, 4) is 0 Å². The zero-order chi connectivity index (χ0) is 8.55. The zero-order valence-electron chi connectivity index (χ0n) is 7.32. The molecule has 0 bridgehead atoms. The van der Waals surface area contributed by atoms with E-state index in [2.05, 4.69) is 13.0 Å². The Balaban J connectivity index is 2.07. The van der Waals surface area contributed by atoms with Gasteiger partial charge in [0.15, 0.2) is 0 Å². The number of fused-ring (bicyclic) bond motifs is 1. The van der Waals surface area contributed by atoms with Gasteiger partial charge in [-0.2, -0.15) is 0 Å². The molecule has 0 aromatic rings. The van der Waals surface area contributed by atoms with Crippen LogP contribution in [0.2, 0.25) is 0 Å². The largest absolute Gasteiger partial charge is 0.376 e. The molecule has 2 N–H and O–H groups in total. The summed E-state index contributed by atoms with van der Waals surface area (Å²) in [6.45, 7) is 3.72. The molecule has 2 heterocycles. The monoisotopic (exact) mass is 185 g/mol. The molecule has 2 rings (SSSR count). The number of hydrogen-bond acceptors (Lipinski definition) is 3. The summed E-state index contributed by atoms with van der Waals surface area (Å²) in [7, 11) is 0. The number of hydrogen-bond donors (Lipinski definition) is 1. The highest BCUT2D eigenvalue weighted by molar-refractivity contribution is 8.03. The molecule has 0 aromatic heterocycles. The first-order chi connectivity index (χ1) is 5.81. The zero-order valence-corrected chi connectivity index (χ0v) is 8.14. The van der Waals surface area contributed by atoms with Gasteiger partial charge >= 0.3 is 0 Å². The summed E-state index contributed by atoms with van der Waals surface area (Å²) in [6, 6.07) is 0. The fraction of sp³-hybridized carbons (Fsp3) is 0.778. The van der Waals surface area contributed by atoms with Gasteiger partial charge in [-0.05, 0) is 24.2 Å². The molecule has 3 heteroatoms. The summed E-state index contributed by atoms with van der Waals surface area (Å²) >= 11 is 1.94. The van der Waals surface area contributed by atoms with Crippen molar-refractivity contribution in [1.29, 1.82) is 0 Å². The third-order valence-electron chi connectivity index (χ3n) is 2.57. The van der Waals surface area contributed by atoms with Crippen molar-refractivity contribution in [2.45, 2.75) is 24.7 Å². The van der Waals surface area contributed by atoms with Crippen molar-refractivity contribution in [2.24, 2.45) is 11.7 Å². The van der Waals surface area contributed by atoms with Crippen LogP contribution in [0.5, 0.6) is 0 Å². The highest BCUT2D eigenvalue weighted by Gasteiger charge is 2.36. The maximum atomic E-state index is 5.64. The summed E-state index contributed by atoms with van der Waals surface area (Å²) in [5.74, 6) is 0.720. The van der Waals surface area contributed by atoms with E-state index in [4.69, 9.17) is 10.5 Å². The SMILES string of the molecule is CC1=CC2CCOC(CN)C2S1. The van der Waals surface area contributed by atoms with Crippen LogP contribution in [0.15, 0.2) is 11.0 Å². The van der Waals surface area contributed by atoms with Gasteiger partial charge in [0.1, 0.15) is 0 Å². The third-order valence-corrected chi connectivity index (χ3v) is 4.01. The molecule has 0 amide bonds. The standard InChI is InChI=1S/C9H15NOS/c1-6-4-7-2-3-11-8(5-10)9(7)12-6/h4,7-9H,2-3,5,10H2,1H3. The highest BCUT2D eigenvalue weighted by atomic mass is 32.2. The first-order valence-corrected chi connectivity index (χ1v) is 5.36. The van der Waals surface area contributed by atoms with Crippen molar-refractivity contribution >= 4 is 11.8 Å². The maximum absolute atomic E-state index is 5.64. The van der Waals surface area contributed by atoms with Crippen molar-refractivity contribution in [1.82, 2.24) is 0 Å². The molecule has 2 nitrogen and oxygen atoms in total. The smallest absolute Gasteiger partial charge is 0.0824 e. The van der Waals surface area contributed by atoms with Crippen molar-refractivity contribution < 1.29 is 4.74 Å². The second kappa shape index (κ2) is 3.40. The Morgan fingerprint density at radius 3 is 3.33 bits per heavy atom. The fourth-order valence-electron chi connectivity index (χ4n) is 1.99. The Morgan fingerprint density at radius 2 is 2.58 bits per heavy atom. The van der Waals surface area contributed by atoms with Gasteiger partial charge in [-0.1, -0.05) is 6.08 Å². The van der Waals surface area contributed by atoms with Crippen LogP contribution in [0, 0.1) is 5.92 Å². The van der Waals surface area contributed by atoms with E-state index >= 15 is 0 Å². The van der Waals surface area contributed by atoms with E-state index in [0.29, 0.717) is 11.8 Å². The van der Waals surface area contributed by atoms with Crippen LogP contribution in [0.25, 0.3) is 0 Å². The van der Waals surface area contributed by atoms with Gasteiger partial charge in [0.25, 0.3) is 0 Å². The molecular formula is C9H15NOS. The van der Waals surface area contributed by atoms with Crippen molar-refractivity contribution in [2.75, 3.05) is 13.2 Å². The molecule has 0 aromatic carbocycles. The van der Waals surface area contributed by atoms with Crippen LogP contribution in [-0.4, -0.2) is 24.5 Å². The molecule has 3 atom stereocenters. The molecule has 3 unspecified atom stereocenters. The number of nitrogens with two attached hydrogens (primary N) is 1. The molecule has 2 aliphatic rings. The van der Waals surface area contributed by atoms with Crippen molar-refractivity contribution in [3.05, 3.63) is 11.0 Å². The van der Waals surface area contributed by atoms with E-state index in [1.807, 2.05) is 11.8 Å². The van der Waals surface area contributed by atoms with Crippen LogP contribution in [0.1, 0.15) is 13.3 Å². The van der Waals surface area contributed by atoms with E-state index in [0.717, 1.165) is 12.5 Å². The van der Waals surface area contributed by atoms with Gasteiger partial charge in [-0.3, -0.25) is 0 Å². The minimum absolute atomic E-state index is 0.280. The molecule has 0 spiro atoms. The van der Waals surface area contributed by atoms with Crippen LogP contribution in [0.3, 0.4) is 0 Å².